The number of halogens is 1. The van der Waals surface area contributed by atoms with Crippen molar-refractivity contribution >= 4 is 123 Å². The molecule has 0 aliphatic heterocycles. The molecule has 11 rings (SSSR count). The number of nitrogens with two attached hydrogens (primary N) is 2. The summed E-state index contributed by atoms with van der Waals surface area (Å²) in [5.41, 5.74) is 18.0. The second-order valence-corrected chi connectivity index (χ2v) is 24.1. The highest BCUT2D eigenvalue weighted by Crippen LogP contribution is 2.27. The molecule has 452 valence electrons. The SMILES string of the molecule is CN(C)CCCl.CN(C)CCn1ccc2ccc(N)cc21.CN(C)CCn1ccc2ccc(N=C(N)c3cccs3)cc21.CN(C)CCn1ccc2ccc([N+](=O)[O-])cc21.N=C(Sc1ccccc1)c1cccs1.O=[N+]([O-])c1ccc2cc[nH]c2c1. The van der Waals surface area contributed by atoms with Gasteiger partial charge < -0.3 is 49.8 Å². The Morgan fingerprint density at radius 3 is 1.55 bits per heavy atom. The zero-order chi connectivity index (χ0) is 62.1. The summed E-state index contributed by atoms with van der Waals surface area (Å²) in [7, 11) is 16.4. The lowest BCUT2D eigenvalue weighted by Gasteiger charge is -2.11. The normalized spacial score (nSPS) is 11.2. The van der Waals surface area contributed by atoms with E-state index in [0.29, 0.717) is 10.9 Å². The van der Waals surface area contributed by atoms with Crippen molar-refractivity contribution in [3.63, 3.8) is 0 Å². The van der Waals surface area contributed by atoms with Gasteiger partial charge in [-0.2, -0.15) is 0 Å². The summed E-state index contributed by atoms with van der Waals surface area (Å²) in [4.78, 5) is 39.4. The maximum atomic E-state index is 10.7. The van der Waals surface area contributed by atoms with Crippen LogP contribution in [-0.4, -0.2) is 147 Å². The molecule has 0 radical (unpaired) electrons. The number of H-pyrrole nitrogens is 1. The zero-order valence-corrected chi connectivity index (χ0v) is 53.1. The molecule has 0 bridgehead atoms. The first-order chi connectivity index (χ1) is 41.3. The number of thioether (sulfide) groups is 1. The summed E-state index contributed by atoms with van der Waals surface area (Å²) >= 11 is 10.1. The van der Waals surface area contributed by atoms with Crippen LogP contribution in [0, 0.1) is 25.6 Å². The molecule has 0 saturated carbocycles. The molecule has 0 saturated heterocycles. The van der Waals surface area contributed by atoms with E-state index in [0.717, 1.165) is 99.5 Å². The fourth-order valence-electron chi connectivity index (χ4n) is 8.24. The summed E-state index contributed by atoms with van der Waals surface area (Å²) in [5.74, 6) is 1.30. The topological polar surface area (TPSA) is 218 Å². The highest BCUT2D eigenvalue weighted by atomic mass is 35.5. The van der Waals surface area contributed by atoms with Gasteiger partial charge in [0.15, 0.2) is 0 Å². The van der Waals surface area contributed by atoms with Gasteiger partial charge in [-0.25, -0.2) is 4.99 Å². The number of aromatic nitrogens is 4. The Bertz CT molecular complexity index is 3870. The van der Waals surface area contributed by atoms with Gasteiger partial charge in [0.05, 0.1) is 47.4 Å². The predicted molar refractivity (Wildman–Crippen MR) is 365 cm³/mol. The van der Waals surface area contributed by atoms with Crippen molar-refractivity contribution in [1.82, 2.24) is 38.3 Å². The number of nitro benzene ring substituents is 2. The van der Waals surface area contributed by atoms with Crippen LogP contribution in [-0.2, 0) is 19.6 Å². The third-order valence-electron chi connectivity index (χ3n) is 12.9. The van der Waals surface area contributed by atoms with Crippen molar-refractivity contribution in [1.29, 1.82) is 5.41 Å². The van der Waals surface area contributed by atoms with Crippen LogP contribution < -0.4 is 11.5 Å². The number of nitro groups is 2. The van der Waals surface area contributed by atoms with Gasteiger partial charge in [0.1, 0.15) is 10.9 Å². The second-order valence-electron chi connectivity index (χ2n) is 20.7. The van der Waals surface area contributed by atoms with Crippen LogP contribution in [0.25, 0.3) is 43.6 Å². The number of fused-ring (bicyclic) bond motifs is 4. The van der Waals surface area contributed by atoms with Gasteiger partial charge in [-0.15, -0.1) is 34.3 Å². The Labute approximate surface area is 520 Å². The highest BCUT2D eigenvalue weighted by Gasteiger charge is 2.11. The number of anilines is 1. The van der Waals surface area contributed by atoms with Gasteiger partial charge in [-0.05, 0) is 168 Å². The molecule has 0 unspecified atom stereocenters. The van der Waals surface area contributed by atoms with Crippen molar-refractivity contribution in [3.8, 4) is 0 Å². The quantitative estimate of drug-likeness (QED) is 0.0128. The molecular weight excluding hydrogens is 1160 g/mol. The predicted octanol–water partition coefficient (Wildman–Crippen LogP) is 13.9. The molecule has 5 aromatic carbocycles. The standard InChI is InChI=1S/C17H20N4S.C12H15N3O2.C12H17N3.C11H9NS2.C8H6N2O2.C4H10ClN/c1-20(2)9-10-21-8-7-13-5-6-14(12-15(13)21)19-17(18)16-4-3-11-22-16;1-13(2)7-8-14-6-5-10-3-4-11(15(16)17)9-12(10)14;1-14(2)7-8-15-6-5-10-3-4-11(13)9-12(10)15;12-11(10-7-4-8-13-10)14-9-5-2-1-3-6-9;11-10(12)7-2-1-6-3-4-9-8(6)5-7;1-6(2)4-3-5/h3-8,11-12H,9-10H2,1-2H3,(H2,18,19);3-6,9H,7-8H2,1-2H3;3-6,9H,7-8,13H2,1-2H3;1-8,12H;1-5,9H;3-4H2,1-2H3. The molecule has 18 nitrogen and oxygen atoms in total. The molecule has 6 heterocycles. The Balaban J connectivity index is 0.000000170. The largest absolute Gasteiger partial charge is 0.399 e. The first-order valence-corrected chi connectivity index (χ1v) is 30.7. The molecule has 0 amide bonds. The van der Waals surface area contributed by atoms with E-state index in [1.54, 1.807) is 53.1 Å². The lowest BCUT2D eigenvalue weighted by atomic mass is 10.2. The van der Waals surface area contributed by atoms with Crippen LogP contribution in [0.4, 0.5) is 22.7 Å². The Morgan fingerprint density at radius 1 is 0.581 bits per heavy atom. The first-order valence-electron chi connectivity index (χ1n) is 27.5. The highest BCUT2D eigenvalue weighted by molar-refractivity contribution is 8.14. The molecule has 0 aliphatic carbocycles. The van der Waals surface area contributed by atoms with Crippen molar-refractivity contribution in [2.45, 2.75) is 24.5 Å². The van der Waals surface area contributed by atoms with E-state index in [1.807, 2.05) is 140 Å². The lowest BCUT2D eigenvalue weighted by Crippen LogP contribution is -2.17. The molecule has 11 aromatic rings. The minimum absolute atomic E-state index is 0.116. The van der Waals surface area contributed by atoms with Gasteiger partial charge in [-0.3, -0.25) is 25.6 Å². The Hall–Kier alpha value is -8.12. The maximum absolute atomic E-state index is 10.7. The number of alkyl halides is 1. The fourth-order valence-corrected chi connectivity index (χ4v) is 10.7. The number of likely N-dealkylation sites (N-methyl/N-ethyl adjacent to an activating group) is 3. The van der Waals surface area contributed by atoms with Gasteiger partial charge in [0.2, 0.25) is 0 Å². The maximum Gasteiger partial charge on any atom is 0.271 e. The number of rotatable bonds is 17. The van der Waals surface area contributed by atoms with Crippen molar-refractivity contribution in [3.05, 3.63) is 217 Å². The van der Waals surface area contributed by atoms with Gasteiger partial charge in [-0.1, -0.05) is 54.2 Å². The van der Waals surface area contributed by atoms with Crippen LogP contribution in [0.3, 0.4) is 0 Å². The number of nitrogens with one attached hydrogen (secondary N) is 2. The van der Waals surface area contributed by atoms with Crippen LogP contribution in [0.2, 0.25) is 0 Å². The Kier molecular flexibility index (Phi) is 26.6. The van der Waals surface area contributed by atoms with Crippen molar-refractivity contribution in [2.24, 2.45) is 10.7 Å². The average Bonchev–Trinajstić information content (AvgIpc) is 3.60. The number of thiophene rings is 2. The zero-order valence-electron chi connectivity index (χ0n) is 49.9. The van der Waals surface area contributed by atoms with Gasteiger partial charge >= 0.3 is 0 Å². The van der Waals surface area contributed by atoms with E-state index < -0.39 is 4.92 Å². The first kappa shape index (κ1) is 67.0. The van der Waals surface area contributed by atoms with E-state index >= 15 is 0 Å². The number of benzene rings is 5. The minimum Gasteiger partial charge on any atom is -0.399 e. The summed E-state index contributed by atoms with van der Waals surface area (Å²) in [5, 5.41) is 38.1. The fraction of sp³-hybridized carbons (Fsp3) is 0.250. The lowest BCUT2D eigenvalue weighted by molar-refractivity contribution is -0.384. The van der Waals surface area contributed by atoms with Crippen LogP contribution in [0.5, 0.6) is 0 Å². The number of aromatic amines is 1. The number of nitrogen functional groups attached to an aromatic ring is 1. The number of hydrogen-bond acceptors (Lipinski definition) is 14. The summed E-state index contributed by atoms with van der Waals surface area (Å²) < 4.78 is 6.55. The number of hydrogen-bond donors (Lipinski definition) is 4. The molecular formula is C64H77ClN14O4S3. The summed E-state index contributed by atoms with van der Waals surface area (Å²) in [6.07, 6.45) is 7.98. The second kappa shape index (κ2) is 34.1. The summed E-state index contributed by atoms with van der Waals surface area (Å²) in [6.45, 7) is 6.73. The third-order valence-corrected chi connectivity index (χ3v) is 15.9. The summed E-state index contributed by atoms with van der Waals surface area (Å²) in [6, 6.07) is 48.0. The van der Waals surface area contributed by atoms with Crippen molar-refractivity contribution < 1.29 is 9.85 Å². The van der Waals surface area contributed by atoms with Gasteiger partial charge in [0.25, 0.3) is 11.4 Å². The monoisotopic (exact) mass is 1240 g/mol. The van der Waals surface area contributed by atoms with Gasteiger partial charge in [0, 0.05) is 117 Å². The third kappa shape index (κ3) is 21.4. The van der Waals surface area contributed by atoms with Crippen LogP contribution in [0.15, 0.2) is 197 Å². The molecule has 0 fully saturated rings. The molecule has 0 atom stereocenters. The molecule has 6 N–H and O–H groups in total. The molecule has 0 aliphatic rings. The molecule has 86 heavy (non-hydrogen) atoms. The number of nitrogens with zero attached hydrogens (tertiary/aromatic N) is 10. The van der Waals surface area contributed by atoms with E-state index in [4.69, 9.17) is 28.5 Å². The average molecular weight is 1240 g/mol. The van der Waals surface area contributed by atoms with E-state index in [-0.39, 0.29) is 16.3 Å². The van der Waals surface area contributed by atoms with Crippen molar-refractivity contribution in [2.75, 3.05) is 94.2 Å². The minimum atomic E-state index is -0.402. The smallest absolute Gasteiger partial charge is 0.271 e. The number of non-ortho nitro benzene ring substituents is 2. The Morgan fingerprint density at radius 2 is 1.06 bits per heavy atom. The molecule has 0 spiro atoms. The van der Waals surface area contributed by atoms with E-state index in [9.17, 15) is 20.2 Å². The molecule has 22 heteroatoms. The molecule has 6 aromatic heterocycles. The number of aliphatic imine (C=N–C) groups is 1. The van der Waals surface area contributed by atoms with E-state index in [2.05, 4.69) is 105 Å². The van der Waals surface area contributed by atoms with E-state index in [1.165, 1.54) is 45.7 Å². The van der Waals surface area contributed by atoms with Crippen LogP contribution in [0.1, 0.15) is 9.75 Å². The number of amidine groups is 1. The van der Waals surface area contributed by atoms with Crippen LogP contribution >= 0.6 is 46.0 Å².